The summed E-state index contributed by atoms with van der Waals surface area (Å²) in [5.74, 6) is 1.80. The van der Waals surface area contributed by atoms with Crippen LogP contribution in [0.25, 0.3) is 55.0 Å². The number of rotatable bonds is 4. The van der Waals surface area contributed by atoms with E-state index >= 15 is 0 Å². The van der Waals surface area contributed by atoms with E-state index in [-0.39, 0.29) is 6.71 Å². The fourth-order valence-electron chi connectivity index (χ4n) is 9.26. The molecule has 0 amide bonds. The monoisotopic (exact) mass is 675 g/mol. The van der Waals surface area contributed by atoms with Gasteiger partial charge in [-0.3, -0.25) is 0 Å². The quantitative estimate of drug-likeness (QED) is 0.173. The van der Waals surface area contributed by atoms with E-state index in [0.717, 1.165) is 39.9 Å². The summed E-state index contributed by atoms with van der Waals surface area (Å²) in [5, 5.41) is 5.00. The lowest BCUT2D eigenvalue weighted by molar-refractivity contribution is 0.487. The third-order valence-corrected chi connectivity index (χ3v) is 11.3. The Hall–Kier alpha value is -6.98. The molecule has 0 spiro atoms. The standard InChI is InChI=1S/C48H30BN3O/c1-4-15-31(16-5-1)50(32-17-6-2-7-18-32)34-29-42-46-44(30-34)53-43-26-13-11-23-38(43)49(46)39-24-14-22-35-36-27-28-41-45(48(36)52(42)47(35)39)37-21-10-12-25-40(37)51(41)33-19-8-3-9-20-33/h1-30H. The van der Waals surface area contributed by atoms with Crippen LogP contribution in [-0.2, 0) is 0 Å². The summed E-state index contributed by atoms with van der Waals surface area (Å²) < 4.78 is 11.9. The normalized spacial score (nSPS) is 12.6. The lowest BCUT2D eigenvalue weighted by Crippen LogP contribution is -2.58. The Labute approximate surface area is 306 Å². The maximum atomic E-state index is 6.96. The first-order valence-corrected chi connectivity index (χ1v) is 18.2. The maximum Gasteiger partial charge on any atom is 0.256 e. The molecule has 4 heterocycles. The fourth-order valence-corrected chi connectivity index (χ4v) is 9.26. The number of hydrogen-bond acceptors (Lipinski definition) is 2. The molecular formula is C48H30BN3O. The van der Waals surface area contributed by atoms with Crippen LogP contribution in [0.15, 0.2) is 182 Å². The topological polar surface area (TPSA) is 22.3 Å². The summed E-state index contributed by atoms with van der Waals surface area (Å²) in [7, 11) is 0. The second-order valence-electron chi connectivity index (χ2n) is 14.1. The highest BCUT2D eigenvalue weighted by atomic mass is 16.5. The van der Waals surface area contributed by atoms with Crippen LogP contribution < -0.4 is 26.0 Å². The molecule has 12 rings (SSSR count). The van der Waals surface area contributed by atoms with Crippen molar-refractivity contribution in [1.82, 2.24) is 9.13 Å². The van der Waals surface area contributed by atoms with E-state index in [1.165, 1.54) is 60.0 Å². The first-order valence-electron chi connectivity index (χ1n) is 18.2. The summed E-state index contributed by atoms with van der Waals surface area (Å²) >= 11 is 0. The van der Waals surface area contributed by atoms with Crippen LogP contribution in [0.5, 0.6) is 11.5 Å². The van der Waals surface area contributed by atoms with Crippen LogP contribution in [0.1, 0.15) is 0 Å². The van der Waals surface area contributed by atoms with Crippen LogP contribution in [-0.4, -0.2) is 15.8 Å². The zero-order valence-corrected chi connectivity index (χ0v) is 28.6. The van der Waals surface area contributed by atoms with Gasteiger partial charge in [0.25, 0.3) is 6.71 Å². The van der Waals surface area contributed by atoms with Crippen LogP contribution in [0.2, 0.25) is 0 Å². The number of aromatic nitrogens is 2. The molecule has 0 unspecified atom stereocenters. The molecule has 0 N–H and O–H groups in total. The van der Waals surface area contributed by atoms with E-state index < -0.39 is 0 Å². The average Bonchev–Trinajstić information content (AvgIpc) is 3.74. The van der Waals surface area contributed by atoms with Crippen molar-refractivity contribution in [2.45, 2.75) is 0 Å². The summed E-state index contributed by atoms with van der Waals surface area (Å²) in [5.41, 5.74) is 14.1. The van der Waals surface area contributed by atoms with Gasteiger partial charge in [0.2, 0.25) is 0 Å². The van der Waals surface area contributed by atoms with Crippen molar-refractivity contribution in [3.63, 3.8) is 0 Å². The van der Waals surface area contributed by atoms with Gasteiger partial charge in [-0.25, -0.2) is 0 Å². The average molecular weight is 676 g/mol. The minimum Gasteiger partial charge on any atom is -0.458 e. The van der Waals surface area contributed by atoms with Crippen LogP contribution >= 0.6 is 0 Å². The van der Waals surface area contributed by atoms with E-state index in [4.69, 9.17) is 4.74 Å². The Morgan fingerprint density at radius 3 is 1.87 bits per heavy atom. The van der Waals surface area contributed by atoms with Crippen molar-refractivity contribution < 1.29 is 4.74 Å². The van der Waals surface area contributed by atoms with Crippen molar-refractivity contribution >= 4 is 83.8 Å². The van der Waals surface area contributed by atoms with Gasteiger partial charge < -0.3 is 18.8 Å². The Kier molecular flexibility index (Phi) is 5.83. The number of benzene rings is 8. The SMILES string of the molecule is c1ccc(N(c2ccccc2)c2cc3c4c(c2)-n2c5c(cccc5c5ccc6c(c7ccccc7n6-c6ccccc6)c52)B4c2ccccc2O3)cc1. The Balaban J connectivity index is 1.26. The van der Waals surface area contributed by atoms with Gasteiger partial charge in [0.05, 0.1) is 22.2 Å². The molecule has 10 aromatic rings. The zero-order valence-electron chi connectivity index (χ0n) is 28.6. The van der Waals surface area contributed by atoms with Crippen LogP contribution in [0, 0.1) is 0 Å². The Morgan fingerprint density at radius 2 is 1.08 bits per heavy atom. The highest BCUT2D eigenvalue weighted by Crippen LogP contribution is 2.46. The number of anilines is 3. The van der Waals surface area contributed by atoms with E-state index in [2.05, 4.69) is 196 Å². The van der Waals surface area contributed by atoms with Crippen molar-refractivity contribution in [2.75, 3.05) is 4.90 Å². The van der Waals surface area contributed by atoms with Crippen molar-refractivity contribution in [3.8, 4) is 22.9 Å². The van der Waals surface area contributed by atoms with Crippen LogP contribution in [0.3, 0.4) is 0 Å². The lowest BCUT2D eigenvalue weighted by Gasteiger charge is -2.35. The molecule has 0 bridgehead atoms. The maximum absolute atomic E-state index is 6.96. The summed E-state index contributed by atoms with van der Waals surface area (Å²) in [6, 6.07) is 65.6. The molecule has 5 heteroatoms. The predicted molar refractivity (Wildman–Crippen MR) is 221 cm³/mol. The highest BCUT2D eigenvalue weighted by molar-refractivity contribution is 6.99. The molecule has 0 aliphatic carbocycles. The second kappa shape index (κ2) is 10.8. The number of nitrogens with zero attached hydrogens (tertiary/aromatic N) is 3. The second-order valence-corrected chi connectivity index (χ2v) is 14.1. The number of hydrogen-bond donors (Lipinski definition) is 0. The minimum atomic E-state index is 0.0302. The van der Waals surface area contributed by atoms with Gasteiger partial charge in [0.1, 0.15) is 11.5 Å². The van der Waals surface area contributed by atoms with E-state index in [1.807, 2.05) is 0 Å². The largest absolute Gasteiger partial charge is 0.458 e. The van der Waals surface area contributed by atoms with Gasteiger partial charge in [-0.15, -0.1) is 0 Å². The molecular weight excluding hydrogens is 645 g/mol. The van der Waals surface area contributed by atoms with Gasteiger partial charge in [0.15, 0.2) is 0 Å². The fraction of sp³-hybridized carbons (Fsp3) is 0. The van der Waals surface area contributed by atoms with Gasteiger partial charge in [-0.1, -0.05) is 115 Å². The number of fused-ring (bicyclic) bond motifs is 11. The first kappa shape index (κ1) is 28.7. The van der Waals surface area contributed by atoms with E-state index in [1.54, 1.807) is 0 Å². The molecule has 0 saturated heterocycles. The zero-order chi connectivity index (χ0) is 34.6. The molecule has 0 fully saturated rings. The smallest absolute Gasteiger partial charge is 0.256 e. The summed E-state index contributed by atoms with van der Waals surface area (Å²) in [6.45, 7) is 0.0302. The van der Waals surface area contributed by atoms with Gasteiger partial charge in [0, 0.05) is 55.9 Å². The van der Waals surface area contributed by atoms with Gasteiger partial charge in [-0.2, -0.15) is 0 Å². The summed E-state index contributed by atoms with van der Waals surface area (Å²) in [4.78, 5) is 2.34. The predicted octanol–water partition coefficient (Wildman–Crippen LogP) is 10.3. The molecule has 4 nitrogen and oxygen atoms in total. The molecule has 246 valence electrons. The Morgan fingerprint density at radius 1 is 0.434 bits per heavy atom. The molecule has 2 aliphatic rings. The molecule has 0 atom stereocenters. The third-order valence-electron chi connectivity index (χ3n) is 11.3. The third kappa shape index (κ3) is 3.91. The number of ether oxygens (including phenoxy) is 1. The lowest BCUT2D eigenvalue weighted by atomic mass is 9.34. The van der Waals surface area contributed by atoms with E-state index in [0.29, 0.717) is 0 Å². The van der Waals surface area contributed by atoms with Crippen molar-refractivity contribution in [2.24, 2.45) is 0 Å². The number of para-hydroxylation sites is 6. The molecule has 8 aromatic carbocycles. The van der Waals surface area contributed by atoms with Crippen molar-refractivity contribution in [3.05, 3.63) is 182 Å². The first-order chi connectivity index (χ1) is 26.3. The Bertz CT molecular complexity index is 3050. The molecule has 53 heavy (non-hydrogen) atoms. The van der Waals surface area contributed by atoms with Gasteiger partial charge >= 0.3 is 0 Å². The van der Waals surface area contributed by atoms with Gasteiger partial charge in [-0.05, 0) is 77.1 Å². The molecule has 0 saturated carbocycles. The van der Waals surface area contributed by atoms with E-state index in [9.17, 15) is 0 Å². The minimum absolute atomic E-state index is 0.0302. The van der Waals surface area contributed by atoms with Crippen LogP contribution in [0.4, 0.5) is 17.1 Å². The molecule has 0 radical (unpaired) electrons. The van der Waals surface area contributed by atoms with Crippen molar-refractivity contribution in [1.29, 1.82) is 0 Å². The molecule has 2 aliphatic heterocycles. The summed E-state index contributed by atoms with van der Waals surface area (Å²) in [6.07, 6.45) is 0. The highest BCUT2D eigenvalue weighted by Gasteiger charge is 2.41. The molecule has 2 aromatic heterocycles.